The van der Waals surface area contributed by atoms with Crippen LogP contribution in [0.2, 0.25) is 0 Å². The molecule has 1 fully saturated rings. The van der Waals surface area contributed by atoms with E-state index in [4.69, 9.17) is 4.74 Å². The number of ether oxygens (including phenoxy) is 1. The number of rotatable bonds is 5. The number of nitrogens with zero attached hydrogens (tertiary/aromatic N) is 1. The van der Waals surface area contributed by atoms with Gasteiger partial charge in [-0.05, 0) is 50.3 Å². The monoisotopic (exact) mass is 335 g/mol. The maximum Gasteiger partial charge on any atom is 0.123 e. The largest absolute Gasteiger partial charge is 0.490 e. The molecule has 3 aromatic rings. The molecule has 0 aliphatic heterocycles. The normalized spacial score (nSPS) is 20.7. The fraction of sp³-hybridized carbons (Fsp3) is 0.381. The third kappa shape index (κ3) is 3.69. The van der Waals surface area contributed by atoms with Gasteiger partial charge in [-0.25, -0.2) is 0 Å². The van der Waals surface area contributed by atoms with Gasteiger partial charge < -0.3 is 10.1 Å². The predicted octanol–water partition coefficient (Wildman–Crippen LogP) is 4.35. The number of aryl methyl sites for hydroxylation is 1. The molecule has 4 heteroatoms. The first-order valence-corrected chi connectivity index (χ1v) is 9.16. The van der Waals surface area contributed by atoms with Gasteiger partial charge in [0.15, 0.2) is 0 Å². The van der Waals surface area contributed by atoms with Crippen LogP contribution in [0.4, 0.5) is 0 Å². The molecule has 4 rings (SSSR count). The molecule has 1 aromatic heterocycles. The van der Waals surface area contributed by atoms with E-state index in [2.05, 4.69) is 64.9 Å². The second-order valence-corrected chi connectivity index (χ2v) is 6.99. The summed E-state index contributed by atoms with van der Waals surface area (Å²) in [6.07, 6.45) is 6.80. The van der Waals surface area contributed by atoms with Crippen LogP contribution in [0.15, 0.2) is 48.7 Å². The van der Waals surface area contributed by atoms with Crippen molar-refractivity contribution < 1.29 is 4.74 Å². The highest BCUT2D eigenvalue weighted by Crippen LogP contribution is 2.30. The molecule has 0 radical (unpaired) electrons. The molecule has 1 aliphatic carbocycles. The number of nitrogens with one attached hydrogen (secondary N) is 2. The molecule has 25 heavy (non-hydrogen) atoms. The van der Waals surface area contributed by atoms with Crippen molar-refractivity contribution in [1.29, 1.82) is 0 Å². The molecule has 2 aromatic carbocycles. The second kappa shape index (κ2) is 7.28. The highest BCUT2D eigenvalue weighted by molar-refractivity contribution is 5.83. The summed E-state index contributed by atoms with van der Waals surface area (Å²) in [7, 11) is 0. The second-order valence-electron chi connectivity index (χ2n) is 6.99. The van der Waals surface area contributed by atoms with Crippen LogP contribution >= 0.6 is 0 Å². The summed E-state index contributed by atoms with van der Waals surface area (Å²) in [5.41, 5.74) is 3.58. The van der Waals surface area contributed by atoms with Crippen molar-refractivity contribution in [3.05, 3.63) is 59.8 Å². The van der Waals surface area contributed by atoms with Gasteiger partial charge >= 0.3 is 0 Å². The summed E-state index contributed by atoms with van der Waals surface area (Å²) >= 11 is 0. The van der Waals surface area contributed by atoms with Crippen molar-refractivity contribution in [2.45, 2.75) is 51.3 Å². The van der Waals surface area contributed by atoms with E-state index in [1.54, 1.807) is 0 Å². The van der Waals surface area contributed by atoms with Gasteiger partial charge in [0.1, 0.15) is 11.9 Å². The quantitative estimate of drug-likeness (QED) is 0.729. The Bertz CT molecular complexity index is 828. The Morgan fingerprint density at radius 3 is 2.92 bits per heavy atom. The Hall–Kier alpha value is -2.33. The Balaban J connectivity index is 1.38. The van der Waals surface area contributed by atoms with E-state index in [0.717, 1.165) is 36.0 Å². The van der Waals surface area contributed by atoms with Gasteiger partial charge in [-0.2, -0.15) is 5.10 Å². The topological polar surface area (TPSA) is 49.9 Å². The summed E-state index contributed by atoms with van der Waals surface area (Å²) in [4.78, 5) is 0. The van der Waals surface area contributed by atoms with Gasteiger partial charge in [-0.15, -0.1) is 0 Å². The fourth-order valence-corrected chi connectivity index (χ4v) is 3.74. The molecule has 1 aliphatic rings. The number of aromatic nitrogens is 2. The summed E-state index contributed by atoms with van der Waals surface area (Å²) in [5, 5.41) is 12.0. The average Bonchev–Trinajstić information content (AvgIpc) is 3.13. The van der Waals surface area contributed by atoms with Crippen LogP contribution < -0.4 is 10.1 Å². The van der Waals surface area contributed by atoms with Gasteiger partial charge in [0.2, 0.25) is 0 Å². The van der Waals surface area contributed by atoms with Crippen LogP contribution in [0.5, 0.6) is 5.75 Å². The molecule has 0 saturated heterocycles. The molecule has 130 valence electrons. The van der Waals surface area contributed by atoms with Crippen molar-refractivity contribution in [3.63, 3.8) is 0 Å². The Kier molecular flexibility index (Phi) is 4.70. The molecule has 2 N–H and O–H groups in total. The minimum absolute atomic E-state index is 0.282. The number of benzene rings is 2. The molecule has 2 atom stereocenters. The number of fused-ring (bicyclic) bond motifs is 1. The minimum Gasteiger partial charge on any atom is -0.490 e. The van der Waals surface area contributed by atoms with Gasteiger partial charge in [0.25, 0.3) is 0 Å². The standard InChI is InChI=1S/C21H25N3O/c1-15-19-14-23-24-20(19)10-11-21(15)25-18-9-5-8-17(12-18)22-13-16-6-3-2-4-7-16/h2-4,6-7,10-11,14,17-18,22H,5,8-9,12-13H2,1H3,(H,23,24)/t17-,18+/m1/s1. The molecule has 0 amide bonds. The van der Waals surface area contributed by atoms with Crippen molar-refractivity contribution in [1.82, 2.24) is 15.5 Å². The molecule has 1 heterocycles. The maximum absolute atomic E-state index is 6.36. The van der Waals surface area contributed by atoms with Crippen molar-refractivity contribution in [2.24, 2.45) is 0 Å². The highest BCUT2D eigenvalue weighted by atomic mass is 16.5. The van der Waals surface area contributed by atoms with Gasteiger partial charge in [0.05, 0.1) is 11.7 Å². The van der Waals surface area contributed by atoms with E-state index >= 15 is 0 Å². The fourth-order valence-electron chi connectivity index (χ4n) is 3.74. The van der Waals surface area contributed by atoms with Crippen LogP contribution in [-0.2, 0) is 6.54 Å². The molecule has 0 bridgehead atoms. The first-order chi connectivity index (χ1) is 12.3. The van der Waals surface area contributed by atoms with Crippen LogP contribution in [0.25, 0.3) is 10.9 Å². The Labute approximate surface area is 148 Å². The zero-order valence-electron chi connectivity index (χ0n) is 14.7. The summed E-state index contributed by atoms with van der Waals surface area (Å²) < 4.78 is 6.36. The number of H-pyrrole nitrogens is 1. The third-order valence-corrected chi connectivity index (χ3v) is 5.20. The van der Waals surface area contributed by atoms with E-state index in [1.807, 2.05) is 6.20 Å². The lowest BCUT2D eigenvalue weighted by Crippen LogP contribution is -2.37. The number of hydrogen-bond donors (Lipinski definition) is 2. The number of hydrogen-bond acceptors (Lipinski definition) is 3. The summed E-state index contributed by atoms with van der Waals surface area (Å²) in [6.45, 7) is 3.04. The molecule has 0 unspecified atom stereocenters. The Morgan fingerprint density at radius 2 is 2.04 bits per heavy atom. The first kappa shape index (κ1) is 16.2. The molecule has 0 spiro atoms. The van der Waals surface area contributed by atoms with Crippen molar-refractivity contribution in [2.75, 3.05) is 0 Å². The van der Waals surface area contributed by atoms with Gasteiger partial charge in [-0.1, -0.05) is 30.3 Å². The van der Waals surface area contributed by atoms with Gasteiger partial charge in [-0.3, -0.25) is 5.10 Å². The predicted molar refractivity (Wildman–Crippen MR) is 101 cm³/mol. The van der Waals surface area contributed by atoms with Gasteiger partial charge in [0, 0.05) is 23.5 Å². The van der Waals surface area contributed by atoms with E-state index in [-0.39, 0.29) is 6.10 Å². The lowest BCUT2D eigenvalue weighted by molar-refractivity contribution is 0.133. The van der Waals surface area contributed by atoms with E-state index < -0.39 is 0 Å². The van der Waals surface area contributed by atoms with Crippen molar-refractivity contribution in [3.8, 4) is 5.75 Å². The van der Waals surface area contributed by atoms with E-state index in [9.17, 15) is 0 Å². The lowest BCUT2D eigenvalue weighted by Gasteiger charge is -2.30. The van der Waals surface area contributed by atoms with Crippen molar-refractivity contribution >= 4 is 10.9 Å². The molecule has 1 saturated carbocycles. The summed E-state index contributed by atoms with van der Waals surface area (Å²) in [5.74, 6) is 0.989. The summed E-state index contributed by atoms with van der Waals surface area (Å²) in [6, 6.07) is 15.2. The van der Waals surface area contributed by atoms with Crippen LogP contribution in [0.3, 0.4) is 0 Å². The maximum atomic E-state index is 6.36. The highest BCUT2D eigenvalue weighted by Gasteiger charge is 2.23. The van der Waals surface area contributed by atoms with Crippen LogP contribution in [0, 0.1) is 6.92 Å². The average molecular weight is 335 g/mol. The minimum atomic E-state index is 0.282. The lowest BCUT2D eigenvalue weighted by atomic mass is 9.92. The first-order valence-electron chi connectivity index (χ1n) is 9.16. The van der Waals surface area contributed by atoms with Crippen LogP contribution in [0.1, 0.15) is 36.8 Å². The zero-order valence-corrected chi connectivity index (χ0v) is 14.7. The molecular formula is C21H25N3O. The van der Waals surface area contributed by atoms with E-state index in [1.165, 1.54) is 24.0 Å². The zero-order chi connectivity index (χ0) is 17.1. The Morgan fingerprint density at radius 1 is 1.16 bits per heavy atom. The number of aromatic amines is 1. The molecular weight excluding hydrogens is 310 g/mol. The van der Waals surface area contributed by atoms with E-state index in [0.29, 0.717) is 6.04 Å². The van der Waals surface area contributed by atoms with Crippen LogP contribution in [-0.4, -0.2) is 22.3 Å². The third-order valence-electron chi connectivity index (χ3n) is 5.20. The smallest absolute Gasteiger partial charge is 0.123 e. The molecule has 4 nitrogen and oxygen atoms in total. The SMILES string of the molecule is Cc1c(O[C@H]2CCC[C@@H](NCc3ccccc3)C2)ccc2[nH]ncc12.